The fourth-order valence-electron chi connectivity index (χ4n) is 4.86. The SMILES string of the molecule is O=c1c2c(Cl)cccc2cc(CCNc2ncnc3c2ncn3[C@@H]2CCCCO2)n1-c1ccccc1. The fraction of sp³-hybridized carbons (Fsp3) is 0.259. The molecule has 36 heavy (non-hydrogen) atoms. The van der Waals surface area contributed by atoms with Gasteiger partial charge in [0.15, 0.2) is 17.0 Å². The number of pyridine rings is 1. The van der Waals surface area contributed by atoms with Crippen LogP contribution in [-0.4, -0.2) is 37.2 Å². The maximum atomic E-state index is 13.5. The molecule has 3 aromatic heterocycles. The molecule has 0 unspecified atom stereocenters. The topological polar surface area (TPSA) is 86.9 Å². The average Bonchev–Trinajstić information content (AvgIpc) is 3.35. The van der Waals surface area contributed by atoms with Crippen molar-refractivity contribution in [3.8, 4) is 5.69 Å². The average molecular weight is 501 g/mol. The Balaban J connectivity index is 1.31. The van der Waals surface area contributed by atoms with E-state index in [0.29, 0.717) is 34.7 Å². The summed E-state index contributed by atoms with van der Waals surface area (Å²) in [6.45, 7) is 1.30. The predicted octanol–water partition coefficient (Wildman–Crippen LogP) is 5.14. The zero-order valence-corrected chi connectivity index (χ0v) is 20.4. The van der Waals surface area contributed by atoms with Crippen molar-refractivity contribution < 1.29 is 4.74 Å². The second-order valence-electron chi connectivity index (χ2n) is 8.86. The number of rotatable bonds is 6. The van der Waals surface area contributed by atoms with Gasteiger partial charge in [-0.25, -0.2) is 15.0 Å². The highest BCUT2D eigenvalue weighted by molar-refractivity contribution is 6.35. The first-order valence-electron chi connectivity index (χ1n) is 12.1. The number of hydrogen-bond donors (Lipinski definition) is 1. The smallest absolute Gasteiger partial charge is 0.264 e. The number of anilines is 1. The van der Waals surface area contributed by atoms with Gasteiger partial charge in [-0.1, -0.05) is 41.9 Å². The van der Waals surface area contributed by atoms with Gasteiger partial charge in [-0.2, -0.15) is 0 Å². The van der Waals surface area contributed by atoms with Crippen molar-refractivity contribution >= 4 is 39.4 Å². The minimum atomic E-state index is -0.130. The van der Waals surface area contributed by atoms with Crippen LogP contribution < -0.4 is 10.9 Å². The molecule has 182 valence electrons. The monoisotopic (exact) mass is 500 g/mol. The van der Waals surface area contributed by atoms with E-state index in [9.17, 15) is 4.79 Å². The molecule has 0 spiro atoms. The molecule has 0 bridgehead atoms. The molecular weight excluding hydrogens is 476 g/mol. The molecule has 1 aliphatic rings. The van der Waals surface area contributed by atoms with E-state index in [0.717, 1.165) is 48.3 Å². The van der Waals surface area contributed by atoms with Crippen LogP contribution in [0.3, 0.4) is 0 Å². The van der Waals surface area contributed by atoms with Gasteiger partial charge in [-0.15, -0.1) is 0 Å². The van der Waals surface area contributed by atoms with Gasteiger partial charge in [0.1, 0.15) is 12.6 Å². The second kappa shape index (κ2) is 9.72. The van der Waals surface area contributed by atoms with Crippen LogP contribution in [0.15, 0.2) is 72.0 Å². The molecule has 4 heterocycles. The predicted molar refractivity (Wildman–Crippen MR) is 141 cm³/mol. The van der Waals surface area contributed by atoms with Crippen molar-refractivity contribution in [2.75, 3.05) is 18.5 Å². The number of aromatic nitrogens is 5. The van der Waals surface area contributed by atoms with Gasteiger partial charge in [-0.05, 0) is 48.9 Å². The van der Waals surface area contributed by atoms with Gasteiger partial charge in [0, 0.05) is 31.0 Å². The van der Waals surface area contributed by atoms with Crippen molar-refractivity contribution in [1.29, 1.82) is 0 Å². The third kappa shape index (κ3) is 4.12. The number of hydrogen-bond acceptors (Lipinski definition) is 6. The molecule has 8 nitrogen and oxygen atoms in total. The lowest BCUT2D eigenvalue weighted by Crippen LogP contribution is -2.24. The quantitative estimate of drug-likeness (QED) is 0.347. The van der Waals surface area contributed by atoms with E-state index in [1.165, 1.54) is 0 Å². The van der Waals surface area contributed by atoms with Gasteiger partial charge >= 0.3 is 0 Å². The summed E-state index contributed by atoms with van der Waals surface area (Å²) in [4.78, 5) is 27.0. The van der Waals surface area contributed by atoms with E-state index in [4.69, 9.17) is 16.3 Å². The third-order valence-corrected chi connectivity index (χ3v) is 6.90. The zero-order chi connectivity index (χ0) is 24.5. The van der Waals surface area contributed by atoms with Crippen molar-refractivity contribution in [3.63, 3.8) is 0 Å². The second-order valence-corrected chi connectivity index (χ2v) is 9.27. The van der Waals surface area contributed by atoms with Crippen molar-refractivity contribution in [2.45, 2.75) is 31.9 Å². The fourth-order valence-corrected chi connectivity index (χ4v) is 5.12. The largest absolute Gasteiger partial charge is 0.368 e. The number of benzene rings is 2. The number of nitrogens with one attached hydrogen (secondary N) is 1. The van der Waals surface area contributed by atoms with Crippen LogP contribution in [-0.2, 0) is 11.2 Å². The molecule has 0 saturated carbocycles. The Morgan fingerprint density at radius 1 is 1.06 bits per heavy atom. The van der Waals surface area contributed by atoms with E-state index in [1.807, 2.05) is 53.1 Å². The Hall–Kier alpha value is -3.75. The lowest BCUT2D eigenvalue weighted by molar-refractivity contribution is -0.0298. The van der Waals surface area contributed by atoms with Crippen molar-refractivity contribution in [2.24, 2.45) is 0 Å². The van der Waals surface area contributed by atoms with Crippen LogP contribution in [0.2, 0.25) is 5.02 Å². The summed E-state index contributed by atoms with van der Waals surface area (Å²) < 4.78 is 9.64. The summed E-state index contributed by atoms with van der Waals surface area (Å²) in [5.41, 5.74) is 3.00. The van der Waals surface area contributed by atoms with Gasteiger partial charge in [0.2, 0.25) is 0 Å². The summed E-state index contributed by atoms with van der Waals surface area (Å²) >= 11 is 6.41. The minimum Gasteiger partial charge on any atom is -0.368 e. The molecule has 1 atom stereocenters. The normalized spacial score (nSPS) is 16.0. The van der Waals surface area contributed by atoms with Crippen LogP contribution >= 0.6 is 11.6 Å². The molecular formula is C27H25ClN6O2. The first-order valence-corrected chi connectivity index (χ1v) is 12.5. The Morgan fingerprint density at radius 3 is 2.78 bits per heavy atom. The molecule has 0 aliphatic carbocycles. The lowest BCUT2D eigenvalue weighted by Gasteiger charge is -2.23. The highest BCUT2D eigenvalue weighted by atomic mass is 35.5. The summed E-state index contributed by atoms with van der Waals surface area (Å²) in [5.74, 6) is 0.659. The van der Waals surface area contributed by atoms with Crippen molar-refractivity contribution in [3.05, 3.63) is 88.3 Å². The number of ether oxygens (including phenoxy) is 1. The van der Waals surface area contributed by atoms with Gasteiger partial charge < -0.3 is 10.1 Å². The molecule has 0 amide bonds. The highest BCUT2D eigenvalue weighted by Crippen LogP contribution is 2.27. The summed E-state index contributed by atoms with van der Waals surface area (Å²) in [7, 11) is 0. The van der Waals surface area contributed by atoms with Crippen LogP contribution in [0.4, 0.5) is 5.82 Å². The molecule has 9 heteroatoms. The first-order chi connectivity index (χ1) is 17.7. The van der Waals surface area contributed by atoms with Gasteiger partial charge in [0.05, 0.1) is 16.7 Å². The van der Waals surface area contributed by atoms with Crippen molar-refractivity contribution in [1.82, 2.24) is 24.1 Å². The summed E-state index contributed by atoms with van der Waals surface area (Å²) in [5, 5.41) is 5.20. The van der Waals surface area contributed by atoms with Gasteiger partial charge in [-0.3, -0.25) is 13.9 Å². The Kier molecular flexibility index (Phi) is 6.13. The standard InChI is InChI=1S/C27H25ClN6O2/c28-21-10-6-7-18-15-20(34(27(35)23(18)21)19-8-2-1-3-9-19)12-13-29-25-24-26(31-16-30-25)33(17-32-24)22-11-4-5-14-36-22/h1-3,6-10,15-17,22H,4-5,11-14H2,(H,29,30,31)/t22-/m0/s1. The van der Waals surface area contributed by atoms with Gasteiger partial charge in [0.25, 0.3) is 5.56 Å². The molecule has 1 aliphatic heterocycles. The first kappa shape index (κ1) is 22.7. The van der Waals surface area contributed by atoms with E-state index in [1.54, 1.807) is 23.3 Å². The molecule has 1 N–H and O–H groups in total. The molecule has 2 aromatic carbocycles. The lowest BCUT2D eigenvalue weighted by atomic mass is 10.1. The van der Waals surface area contributed by atoms with E-state index < -0.39 is 0 Å². The molecule has 1 fully saturated rings. The van der Waals surface area contributed by atoms with E-state index in [-0.39, 0.29) is 11.8 Å². The van der Waals surface area contributed by atoms with Crippen LogP contribution in [0.25, 0.3) is 27.6 Å². The highest BCUT2D eigenvalue weighted by Gasteiger charge is 2.20. The Bertz CT molecular complexity index is 1590. The number of imidazole rings is 1. The summed E-state index contributed by atoms with van der Waals surface area (Å²) in [6, 6.07) is 17.2. The summed E-state index contributed by atoms with van der Waals surface area (Å²) in [6.07, 6.45) is 7.02. The molecule has 1 saturated heterocycles. The Labute approximate surface area is 212 Å². The van der Waals surface area contributed by atoms with Crippen LogP contribution in [0, 0.1) is 0 Å². The number of halogens is 1. The van der Waals surface area contributed by atoms with Crippen LogP contribution in [0.1, 0.15) is 31.2 Å². The number of fused-ring (bicyclic) bond motifs is 2. The maximum absolute atomic E-state index is 13.5. The Morgan fingerprint density at radius 2 is 1.94 bits per heavy atom. The van der Waals surface area contributed by atoms with Crippen LogP contribution in [0.5, 0.6) is 0 Å². The minimum absolute atomic E-state index is 0.0452. The number of para-hydroxylation sites is 1. The molecule has 6 rings (SSSR count). The third-order valence-electron chi connectivity index (χ3n) is 6.58. The number of nitrogens with zero attached hydrogens (tertiary/aromatic N) is 5. The molecule has 5 aromatic rings. The molecule has 0 radical (unpaired) electrons. The maximum Gasteiger partial charge on any atom is 0.264 e. The zero-order valence-electron chi connectivity index (χ0n) is 19.6. The van der Waals surface area contributed by atoms with E-state index >= 15 is 0 Å². The van der Waals surface area contributed by atoms with E-state index in [2.05, 4.69) is 20.3 Å².